The van der Waals surface area contributed by atoms with Crippen LogP contribution in [0.2, 0.25) is 0 Å². The summed E-state index contributed by atoms with van der Waals surface area (Å²) >= 11 is 0. The summed E-state index contributed by atoms with van der Waals surface area (Å²) in [6.45, 7) is 0.172. The van der Waals surface area contributed by atoms with Crippen molar-refractivity contribution in [1.29, 1.82) is 0 Å². The van der Waals surface area contributed by atoms with E-state index in [1.807, 2.05) is 6.07 Å². The standard InChI is InChI=1S/C23H15FN2O3/c24-17-9-3-1-7-15(17)20-19-21(27)16-8-2-4-10-18(16)29-22(19)23(28)26(20)13-14-6-5-11-25-12-14/h1-12,20H,13H2/t20-/m0/s1. The maximum atomic E-state index is 14.7. The smallest absolute Gasteiger partial charge is 0.291 e. The highest BCUT2D eigenvalue weighted by Gasteiger charge is 2.43. The number of carbonyl (C=O) groups excluding carboxylic acids is 1. The molecule has 0 spiro atoms. The molecule has 1 amide bonds. The average molecular weight is 386 g/mol. The van der Waals surface area contributed by atoms with E-state index in [1.165, 1.54) is 11.0 Å². The van der Waals surface area contributed by atoms with Crippen LogP contribution in [-0.2, 0) is 6.54 Å². The molecular formula is C23H15FN2O3. The number of pyridine rings is 1. The molecule has 0 bridgehead atoms. The van der Waals surface area contributed by atoms with Crippen molar-refractivity contribution in [3.8, 4) is 0 Å². The van der Waals surface area contributed by atoms with Crippen LogP contribution in [-0.4, -0.2) is 15.8 Å². The Morgan fingerprint density at radius 3 is 2.59 bits per heavy atom. The van der Waals surface area contributed by atoms with Gasteiger partial charge in [0.1, 0.15) is 11.4 Å². The number of rotatable bonds is 3. The molecule has 0 saturated heterocycles. The SMILES string of the molecule is O=C1c2oc3ccccc3c(=O)c2[C@H](c2ccccc2F)N1Cc1cccnc1. The van der Waals surface area contributed by atoms with Gasteiger partial charge in [-0.1, -0.05) is 36.4 Å². The van der Waals surface area contributed by atoms with Gasteiger partial charge in [0.2, 0.25) is 5.76 Å². The third-order valence-corrected chi connectivity index (χ3v) is 5.15. The van der Waals surface area contributed by atoms with Gasteiger partial charge in [0.25, 0.3) is 5.91 Å². The summed E-state index contributed by atoms with van der Waals surface area (Å²) in [5.74, 6) is -0.965. The van der Waals surface area contributed by atoms with E-state index in [0.29, 0.717) is 11.0 Å². The molecule has 5 nitrogen and oxygen atoms in total. The number of halogens is 1. The molecular weight excluding hydrogens is 371 g/mol. The Hall–Kier alpha value is -3.80. The quantitative estimate of drug-likeness (QED) is 0.532. The van der Waals surface area contributed by atoms with Crippen LogP contribution in [0.5, 0.6) is 0 Å². The minimum absolute atomic E-state index is 0.0363. The monoisotopic (exact) mass is 386 g/mol. The molecule has 2 aromatic heterocycles. The van der Waals surface area contributed by atoms with Gasteiger partial charge in [-0.3, -0.25) is 14.6 Å². The van der Waals surface area contributed by atoms with Crippen molar-refractivity contribution in [1.82, 2.24) is 9.88 Å². The van der Waals surface area contributed by atoms with Crippen molar-refractivity contribution >= 4 is 16.9 Å². The maximum Gasteiger partial charge on any atom is 0.291 e. The molecule has 5 rings (SSSR count). The van der Waals surface area contributed by atoms with E-state index in [-0.39, 0.29) is 28.9 Å². The lowest BCUT2D eigenvalue weighted by Crippen LogP contribution is -2.29. The first kappa shape index (κ1) is 17.3. The van der Waals surface area contributed by atoms with Gasteiger partial charge in [-0.15, -0.1) is 0 Å². The summed E-state index contributed by atoms with van der Waals surface area (Å²) in [7, 11) is 0. The van der Waals surface area contributed by atoms with Crippen molar-refractivity contribution in [2.24, 2.45) is 0 Å². The van der Waals surface area contributed by atoms with Crippen molar-refractivity contribution in [3.63, 3.8) is 0 Å². The summed E-state index contributed by atoms with van der Waals surface area (Å²) in [6.07, 6.45) is 3.27. The largest absolute Gasteiger partial charge is 0.450 e. The lowest BCUT2D eigenvalue weighted by atomic mass is 9.98. The molecule has 1 aliphatic rings. The molecule has 29 heavy (non-hydrogen) atoms. The average Bonchev–Trinajstić information content (AvgIpc) is 3.01. The lowest BCUT2D eigenvalue weighted by Gasteiger charge is -2.25. The predicted octanol–water partition coefficient (Wildman–Crippen LogP) is 4.07. The van der Waals surface area contributed by atoms with E-state index in [9.17, 15) is 14.0 Å². The zero-order chi connectivity index (χ0) is 20.0. The number of aromatic nitrogens is 1. The molecule has 0 aliphatic carbocycles. The van der Waals surface area contributed by atoms with Gasteiger partial charge in [-0.05, 0) is 29.8 Å². The summed E-state index contributed by atoms with van der Waals surface area (Å²) in [5, 5.41) is 0.364. The van der Waals surface area contributed by atoms with E-state index < -0.39 is 17.8 Å². The van der Waals surface area contributed by atoms with Gasteiger partial charge < -0.3 is 9.32 Å². The Morgan fingerprint density at radius 1 is 1.00 bits per heavy atom. The number of hydrogen-bond acceptors (Lipinski definition) is 4. The first-order chi connectivity index (χ1) is 14.1. The predicted molar refractivity (Wildman–Crippen MR) is 105 cm³/mol. The first-order valence-corrected chi connectivity index (χ1v) is 9.15. The number of hydrogen-bond donors (Lipinski definition) is 0. The molecule has 0 radical (unpaired) electrons. The van der Waals surface area contributed by atoms with E-state index in [1.54, 1.807) is 60.9 Å². The fraction of sp³-hybridized carbons (Fsp3) is 0.0870. The van der Waals surface area contributed by atoms with E-state index in [2.05, 4.69) is 4.98 Å². The molecule has 1 atom stereocenters. The Bertz CT molecular complexity index is 1300. The van der Waals surface area contributed by atoms with Crippen LogP contribution < -0.4 is 5.43 Å². The molecule has 0 saturated carbocycles. The Balaban J connectivity index is 1.76. The van der Waals surface area contributed by atoms with Crippen molar-refractivity contribution in [3.05, 3.63) is 112 Å². The van der Waals surface area contributed by atoms with E-state index >= 15 is 0 Å². The number of fused-ring (bicyclic) bond motifs is 2. The molecule has 4 aromatic rings. The number of nitrogens with zero attached hydrogens (tertiary/aromatic N) is 2. The van der Waals surface area contributed by atoms with Crippen molar-refractivity contribution in [2.45, 2.75) is 12.6 Å². The Morgan fingerprint density at radius 2 is 1.79 bits per heavy atom. The van der Waals surface area contributed by atoms with Crippen LogP contribution in [0.3, 0.4) is 0 Å². The van der Waals surface area contributed by atoms with Gasteiger partial charge in [0.15, 0.2) is 5.43 Å². The Kier molecular flexibility index (Phi) is 3.98. The normalized spacial score (nSPS) is 15.7. The third-order valence-electron chi connectivity index (χ3n) is 5.15. The zero-order valence-electron chi connectivity index (χ0n) is 15.2. The van der Waals surface area contributed by atoms with E-state index in [0.717, 1.165) is 5.56 Å². The van der Waals surface area contributed by atoms with Crippen molar-refractivity contribution < 1.29 is 13.6 Å². The molecule has 2 aromatic carbocycles. The highest BCUT2D eigenvalue weighted by atomic mass is 19.1. The van der Waals surface area contributed by atoms with Crippen LogP contribution >= 0.6 is 0 Å². The molecule has 0 N–H and O–H groups in total. The molecule has 1 aliphatic heterocycles. The molecule has 0 unspecified atom stereocenters. The fourth-order valence-corrected chi connectivity index (χ4v) is 3.84. The summed E-state index contributed by atoms with van der Waals surface area (Å²) in [6, 6.07) is 15.6. The number of para-hydroxylation sites is 1. The number of carbonyl (C=O) groups is 1. The number of benzene rings is 2. The van der Waals surface area contributed by atoms with Crippen LogP contribution in [0.1, 0.15) is 33.3 Å². The molecule has 0 fully saturated rings. The van der Waals surface area contributed by atoms with Gasteiger partial charge >= 0.3 is 0 Å². The zero-order valence-corrected chi connectivity index (χ0v) is 15.2. The second-order valence-corrected chi connectivity index (χ2v) is 6.89. The van der Waals surface area contributed by atoms with Crippen LogP contribution in [0, 0.1) is 5.82 Å². The van der Waals surface area contributed by atoms with Crippen LogP contribution in [0.4, 0.5) is 4.39 Å². The van der Waals surface area contributed by atoms with Gasteiger partial charge in [0.05, 0.1) is 17.0 Å². The summed E-state index contributed by atoms with van der Waals surface area (Å²) < 4.78 is 20.6. The molecule has 3 heterocycles. The van der Waals surface area contributed by atoms with Crippen LogP contribution in [0.25, 0.3) is 11.0 Å². The van der Waals surface area contributed by atoms with Gasteiger partial charge in [-0.25, -0.2) is 4.39 Å². The van der Waals surface area contributed by atoms with E-state index in [4.69, 9.17) is 4.42 Å². The minimum Gasteiger partial charge on any atom is -0.450 e. The summed E-state index contributed by atoms with van der Waals surface area (Å²) in [5.41, 5.74) is 1.21. The second-order valence-electron chi connectivity index (χ2n) is 6.89. The maximum absolute atomic E-state index is 14.7. The highest BCUT2D eigenvalue weighted by molar-refractivity contribution is 5.99. The van der Waals surface area contributed by atoms with Gasteiger partial charge in [0, 0.05) is 24.5 Å². The molecule has 142 valence electrons. The highest BCUT2D eigenvalue weighted by Crippen LogP contribution is 2.39. The molecule has 6 heteroatoms. The van der Waals surface area contributed by atoms with Crippen molar-refractivity contribution in [2.75, 3.05) is 0 Å². The number of amides is 1. The topological polar surface area (TPSA) is 63.4 Å². The first-order valence-electron chi connectivity index (χ1n) is 9.15. The minimum atomic E-state index is -0.875. The fourth-order valence-electron chi connectivity index (χ4n) is 3.84. The van der Waals surface area contributed by atoms with Crippen LogP contribution in [0.15, 0.2) is 82.3 Å². The lowest BCUT2D eigenvalue weighted by molar-refractivity contribution is 0.0712. The Labute approximate surface area is 165 Å². The third kappa shape index (κ3) is 2.72. The van der Waals surface area contributed by atoms with Gasteiger partial charge in [-0.2, -0.15) is 0 Å². The summed E-state index contributed by atoms with van der Waals surface area (Å²) in [4.78, 5) is 32.1. The second kappa shape index (κ2) is 6.67.